The second-order valence-corrected chi connectivity index (χ2v) is 26.5. The number of phenols is 2. The Kier molecular flexibility index (Phi) is 16.9. The summed E-state index contributed by atoms with van der Waals surface area (Å²) < 4.78 is 64.4. The molecule has 10 N–H and O–H groups in total. The van der Waals surface area contributed by atoms with E-state index in [1.807, 2.05) is 38.1 Å². The van der Waals surface area contributed by atoms with Gasteiger partial charge in [0.2, 0.25) is 0 Å². The number of hydrogen-bond acceptors (Lipinski definition) is 12. The molecule has 4 aromatic heterocycles. The third-order valence-corrected chi connectivity index (χ3v) is 16.1. The first kappa shape index (κ1) is 58.0. The Labute approximate surface area is 459 Å². The Hall–Kier alpha value is -6.72. The van der Waals surface area contributed by atoms with Crippen LogP contribution in [0.5, 0.6) is 23.0 Å². The number of aromatic hydroxyl groups is 2. The zero-order valence-electron chi connectivity index (χ0n) is 43.1. The molecule has 8 aromatic rings. The van der Waals surface area contributed by atoms with Crippen molar-refractivity contribution in [3.05, 3.63) is 211 Å². The van der Waals surface area contributed by atoms with Crippen LogP contribution in [0.4, 0.5) is 0 Å². The van der Waals surface area contributed by atoms with Crippen LogP contribution in [-0.4, -0.2) is 69.3 Å². The van der Waals surface area contributed by atoms with Gasteiger partial charge in [0.1, 0.15) is 36.2 Å². The summed E-state index contributed by atoms with van der Waals surface area (Å²) in [6, 6.07) is 32.9. The van der Waals surface area contributed by atoms with Gasteiger partial charge in [0.25, 0.3) is 0 Å². The molecule has 0 saturated carbocycles. The highest BCUT2D eigenvalue weighted by atomic mass is 31.2. The first-order valence-electron chi connectivity index (χ1n) is 24.9. The van der Waals surface area contributed by atoms with E-state index < -0.39 is 55.0 Å². The van der Waals surface area contributed by atoms with Crippen LogP contribution >= 0.6 is 30.4 Å². The van der Waals surface area contributed by atoms with Crippen molar-refractivity contribution < 1.29 is 77.1 Å². The van der Waals surface area contributed by atoms with E-state index in [2.05, 4.69) is 9.97 Å². The molecule has 24 heteroatoms. The Morgan fingerprint density at radius 2 is 0.625 bits per heavy atom. The van der Waals surface area contributed by atoms with Crippen LogP contribution < -0.4 is 9.47 Å². The number of aromatic nitrogens is 4. The molecular formula is C56H56N4O16P4. The van der Waals surface area contributed by atoms with Gasteiger partial charge < -0.3 is 58.8 Å². The molecule has 0 radical (unpaired) electrons. The molecule has 9 rings (SSSR count). The van der Waals surface area contributed by atoms with Gasteiger partial charge in [-0.25, -0.2) is 9.97 Å². The standard InChI is InChI=1S/C56H56N4O16P4/c1-33-7-3-11-49(57-33)51-13-5-9-47(59-51)27-75-55-43-19-37(31-79(69,70)71)20-44(55)24-40-16-36(30-78(66,67)68)18-42(54(40)62)26-46-22-38(32-80(72,73)74)21-45(25-41-17-35(29-77(63,64)65)15-39(23-43)53(41)61)56(46)76-28-48-10-6-14-52(60-48)50-12-4-8-34(2)58-50/h3-22,61-62H,23-32H2,1-2H3,(H2,63,64,65)(H2,66,67,68)(H2,69,70,71)(H2,72,73,74). The van der Waals surface area contributed by atoms with E-state index in [0.717, 1.165) is 11.4 Å². The molecule has 8 bridgehead atoms. The summed E-state index contributed by atoms with van der Waals surface area (Å²) in [5.41, 5.74) is 6.20. The molecule has 0 unspecified atom stereocenters. The largest absolute Gasteiger partial charge is 0.507 e. The van der Waals surface area contributed by atoms with Gasteiger partial charge in [-0.05, 0) is 129 Å². The molecule has 0 amide bonds. The average molecular weight is 1160 g/mol. The number of ether oxygens (including phenoxy) is 2. The van der Waals surface area contributed by atoms with Crippen molar-refractivity contribution in [1.82, 2.24) is 19.9 Å². The van der Waals surface area contributed by atoms with Gasteiger partial charge in [0, 0.05) is 37.1 Å². The van der Waals surface area contributed by atoms with E-state index in [1.54, 1.807) is 48.5 Å². The fraction of sp³-hybridized carbons (Fsp3) is 0.214. The van der Waals surface area contributed by atoms with Crippen molar-refractivity contribution in [2.24, 2.45) is 0 Å². The van der Waals surface area contributed by atoms with Crippen LogP contribution in [0.2, 0.25) is 0 Å². The molecule has 4 aromatic carbocycles. The Morgan fingerprint density at radius 1 is 0.375 bits per heavy atom. The van der Waals surface area contributed by atoms with E-state index >= 15 is 0 Å². The molecule has 1 aliphatic rings. The summed E-state index contributed by atoms with van der Waals surface area (Å²) in [5.74, 6) is -0.516. The lowest BCUT2D eigenvalue weighted by molar-refractivity contribution is 0.295. The fourth-order valence-electron chi connectivity index (χ4n) is 9.96. The van der Waals surface area contributed by atoms with Crippen molar-refractivity contribution in [2.45, 2.75) is 77.4 Å². The topological polar surface area (TPSA) is 341 Å². The Morgan fingerprint density at radius 3 is 0.887 bits per heavy atom. The second kappa shape index (κ2) is 23.4. The lowest BCUT2D eigenvalue weighted by Crippen LogP contribution is -2.09. The number of nitrogens with zero attached hydrogens (tertiary/aromatic N) is 4. The van der Waals surface area contributed by atoms with E-state index in [0.29, 0.717) is 34.2 Å². The molecule has 0 aliphatic heterocycles. The number of hydrogen-bond donors (Lipinski definition) is 10. The van der Waals surface area contributed by atoms with Crippen molar-refractivity contribution in [1.29, 1.82) is 0 Å². The number of fused-ring (bicyclic) bond motifs is 8. The van der Waals surface area contributed by atoms with Gasteiger partial charge in [-0.1, -0.05) is 72.8 Å². The SMILES string of the molecule is Cc1cccc(-c2cccc(COc3c4cc(CP(=O)(O)O)cc3Cc3cc(CP(=O)(O)O)cc(c3O)Cc3cc(CP(=O)(O)O)cc(c3OCc3cccc(-c5cccc(C)n5)n3)Cc3cc(CP(=O)(O)O)cc(c3O)C4)n2)n1. The van der Waals surface area contributed by atoms with Crippen molar-refractivity contribution in [2.75, 3.05) is 0 Å². The second-order valence-electron chi connectivity index (χ2n) is 19.9. The molecule has 416 valence electrons. The minimum Gasteiger partial charge on any atom is -0.507 e. The first-order valence-corrected chi connectivity index (χ1v) is 32.1. The lowest BCUT2D eigenvalue weighted by Gasteiger charge is -2.23. The molecule has 0 fully saturated rings. The maximum Gasteiger partial charge on any atom is 0.329 e. The maximum absolute atomic E-state index is 12.8. The average Bonchev–Trinajstić information content (AvgIpc) is 3.39. The summed E-state index contributed by atoms with van der Waals surface area (Å²) in [5, 5.41) is 25.0. The van der Waals surface area contributed by atoms with Crippen molar-refractivity contribution >= 4 is 30.4 Å². The van der Waals surface area contributed by atoms with E-state index in [4.69, 9.17) is 19.4 Å². The summed E-state index contributed by atoms with van der Waals surface area (Å²) in [6.45, 7) is 3.26. The number of aryl methyl sites for hydroxylation is 2. The van der Waals surface area contributed by atoms with E-state index in [1.165, 1.54) is 48.5 Å². The lowest BCUT2D eigenvalue weighted by atomic mass is 9.88. The maximum atomic E-state index is 12.8. The number of rotatable bonds is 16. The molecule has 4 heterocycles. The van der Waals surface area contributed by atoms with Crippen LogP contribution in [0, 0.1) is 13.8 Å². The molecule has 20 nitrogen and oxygen atoms in total. The Balaban J connectivity index is 1.27. The van der Waals surface area contributed by atoms with Gasteiger partial charge in [-0.3, -0.25) is 28.2 Å². The van der Waals surface area contributed by atoms with Gasteiger partial charge in [-0.15, -0.1) is 0 Å². The minimum absolute atomic E-state index is 0.0828. The van der Waals surface area contributed by atoms with Crippen LogP contribution in [0.15, 0.2) is 121 Å². The van der Waals surface area contributed by atoms with Crippen LogP contribution in [0.3, 0.4) is 0 Å². The third kappa shape index (κ3) is 15.4. The predicted molar refractivity (Wildman–Crippen MR) is 296 cm³/mol. The molecule has 1 aliphatic carbocycles. The van der Waals surface area contributed by atoms with Gasteiger partial charge in [-0.2, -0.15) is 0 Å². The monoisotopic (exact) mass is 1160 g/mol. The molecule has 0 saturated heterocycles. The summed E-state index contributed by atoms with van der Waals surface area (Å²) >= 11 is 0. The molecular weight excluding hydrogens is 1110 g/mol. The smallest absolute Gasteiger partial charge is 0.329 e. The summed E-state index contributed by atoms with van der Waals surface area (Å²) in [6.07, 6.45) is -4.32. The summed E-state index contributed by atoms with van der Waals surface area (Å²) in [4.78, 5) is 102. The van der Waals surface area contributed by atoms with Crippen LogP contribution in [0.25, 0.3) is 22.8 Å². The number of phenolic OH excluding ortho intramolecular Hbond substituents is 2. The van der Waals surface area contributed by atoms with Gasteiger partial charge in [0.15, 0.2) is 0 Å². The molecule has 80 heavy (non-hydrogen) atoms. The van der Waals surface area contributed by atoms with Crippen molar-refractivity contribution in [3.63, 3.8) is 0 Å². The Bertz CT molecular complexity index is 3550. The highest BCUT2D eigenvalue weighted by Crippen LogP contribution is 2.48. The summed E-state index contributed by atoms with van der Waals surface area (Å²) in [7, 11) is -19.2. The zero-order valence-corrected chi connectivity index (χ0v) is 46.7. The number of benzene rings is 4. The highest BCUT2D eigenvalue weighted by molar-refractivity contribution is 7.51. The normalized spacial score (nSPS) is 13.0. The van der Waals surface area contributed by atoms with Crippen LogP contribution in [0.1, 0.15) is 89.5 Å². The van der Waals surface area contributed by atoms with Gasteiger partial charge in [0.05, 0.1) is 58.8 Å². The van der Waals surface area contributed by atoms with Crippen LogP contribution in [-0.2, 0) is 81.8 Å². The van der Waals surface area contributed by atoms with E-state index in [-0.39, 0.29) is 129 Å². The highest BCUT2D eigenvalue weighted by Gasteiger charge is 2.28. The predicted octanol–water partition coefficient (Wildman–Crippen LogP) is 9.17. The zero-order chi connectivity index (χ0) is 57.3. The molecule has 0 spiro atoms. The van der Waals surface area contributed by atoms with E-state index in [9.17, 15) is 67.6 Å². The first-order chi connectivity index (χ1) is 37.7. The fourth-order valence-corrected chi connectivity index (χ4v) is 12.6. The minimum atomic E-state index is -4.81. The quantitative estimate of drug-likeness (QED) is 0.0403. The third-order valence-electron chi connectivity index (χ3n) is 13.0. The van der Waals surface area contributed by atoms with Crippen molar-refractivity contribution in [3.8, 4) is 45.8 Å². The number of pyridine rings is 4. The molecule has 0 atom stereocenters. The van der Waals surface area contributed by atoms with Gasteiger partial charge >= 0.3 is 30.4 Å².